The first-order valence-electron chi connectivity index (χ1n) is 14.6. The van der Waals surface area contributed by atoms with Crippen LogP contribution in [0.5, 0.6) is 11.5 Å². The van der Waals surface area contributed by atoms with Crippen LogP contribution >= 0.6 is 0 Å². The van der Waals surface area contributed by atoms with Crippen molar-refractivity contribution >= 4 is 34.0 Å². The molecule has 0 aliphatic carbocycles. The average Bonchev–Trinajstić information content (AvgIpc) is 3.61. The van der Waals surface area contributed by atoms with Crippen LogP contribution in [0.3, 0.4) is 0 Å². The number of aromatic nitrogens is 2. The molecule has 0 fully saturated rings. The summed E-state index contributed by atoms with van der Waals surface area (Å²) in [5, 5.41) is 11.0. The zero-order valence-corrected chi connectivity index (χ0v) is 25.9. The predicted octanol–water partition coefficient (Wildman–Crippen LogP) is 8.52. The first kappa shape index (κ1) is 32.2. The van der Waals surface area contributed by atoms with Crippen molar-refractivity contribution in [2.24, 2.45) is 0 Å². The minimum Gasteiger partial charge on any atom is -0.497 e. The number of oxazole rings is 1. The van der Waals surface area contributed by atoms with Crippen LogP contribution in [0.25, 0.3) is 33.1 Å². The van der Waals surface area contributed by atoms with E-state index in [9.17, 15) is 23.1 Å². The van der Waals surface area contributed by atoms with Gasteiger partial charge in [0.05, 0.1) is 19.3 Å². The van der Waals surface area contributed by atoms with Gasteiger partial charge in [-0.25, -0.2) is 4.79 Å². The molecule has 1 N–H and O–H groups in total. The van der Waals surface area contributed by atoms with E-state index in [0.717, 1.165) is 17.7 Å². The molecule has 5 aromatic rings. The number of halogens is 3. The number of hydrogen-bond acceptors (Lipinski definition) is 6. The highest BCUT2D eigenvalue weighted by atomic mass is 19.4. The van der Waals surface area contributed by atoms with Gasteiger partial charge in [0.2, 0.25) is 0 Å². The monoisotopic (exact) mass is 633 g/mol. The summed E-state index contributed by atoms with van der Waals surface area (Å²) in [5.41, 5.74) is 2.59. The third kappa shape index (κ3) is 6.88. The summed E-state index contributed by atoms with van der Waals surface area (Å²) >= 11 is 0. The smallest absolute Gasteiger partial charge is 0.416 e. The number of rotatable bonds is 12. The number of benzene rings is 3. The van der Waals surface area contributed by atoms with Crippen molar-refractivity contribution in [2.75, 3.05) is 32.2 Å². The van der Waals surface area contributed by atoms with Crippen LogP contribution in [-0.4, -0.2) is 54.1 Å². The lowest BCUT2D eigenvalue weighted by Crippen LogP contribution is -2.20. The zero-order chi connectivity index (χ0) is 33.0. The summed E-state index contributed by atoms with van der Waals surface area (Å²) in [4.78, 5) is 19.2. The molecule has 2 aromatic heterocycles. The first-order chi connectivity index (χ1) is 22.0. The Labute approximate surface area is 264 Å². The molecule has 0 atom stereocenters. The van der Waals surface area contributed by atoms with Gasteiger partial charge in [0.1, 0.15) is 22.7 Å². The number of carboxylic acids is 1. The molecule has 0 unspecified atom stereocenters. The van der Waals surface area contributed by atoms with Crippen LogP contribution in [-0.2, 0) is 6.54 Å². The zero-order valence-electron chi connectivity index (χ0n) is 25.9. The van der Waals surface area contributed by atoms with E-state index >= 15 is 0 Å². The van der Waals surface area contributed by atoms with E-state index in [1.807, 2.05) is 36.2 Å². The fraction of sp³-hybridized carbons (Fsp3) is 0.257. The molecule has 11 heteroatoms. The van der Waals surface area contributed by atoms with Crippen LogP contribution < -0.4 is 14.4 Å². The Kier molecular flexibility index (Phi) is 9.41. The topological polar surface area (TPSA) is 90.0 Å². The number of methoxy groups -OCH3 is 1. The third-order valence-electron chi connectivity index (χ3n) is 7.58. The molecule has 5 rings (SSSR count). The quantitative estimate of drug-likeness (QED) is 0.109. The van der Waals surface area contributed by atoms with Gasteiger partial charge in [-0.2, -0.15) is 18.2 Å². The van der Waals surface area contributed by atoms with E-state index < -0.39 is 17.7 Å². The number of ether oxygens (including phenoxy) is 2. The molecule has 0 aliphatic rings. The number of para-hydroxylation sites is 2. The molecule has 0 amide bonds. The van der Waals surface area contributed by atoms with Crippen LogP contribution in [0.4, 0.5) is 19.2 Å². The number of nitrogens with zero attached hydrogens (tertiary/aromatic N) is 3. The van der Waals surface area contributed by atoms with Crippen molar-refractivity contribution in [3.63, 3.8) is 0 Å². The van der Waals surface area contributed by atoms with Gasteiger partial charge >= 0.3 is 12.1 Å². The Morgan fingerprint density at radius 2 is 1.80 bits per heavy atom. The molecule has 0 aliphatic heterocycles. The van der Waals surface area contributed by atoms with Gasteiger partial charge in [-0.15, -0.1) is 0 Å². The number of carboxylic acid groups (broad SMARTS) is 1. The van der Waals surface area contributed by atoms with E-state index in [2.05, 4.69) is 4.98 Å². The van der Waals surface area contributed by atoms with Gasteiger partial charge in [-0.1, -0.05) is 35.9 Å². The van der Waals surface area contributed by atoms with E-state index in [-0.39, 0.29) is 12.2 Å². The van der Waals surface area contributed by atoms with Crippen molar-refractivity contribution < 1.29 is 37.0 Å². The average molecular weight is 634 g/mol. The van der Waals surface area contributed by atoms with Crippen LogP contribution in [0, 0.1) is 0 Å². The van der Waals surface area contributed by atoms with Crippen LogP contribution in [0.2, 0.25) is 0 Å². The fourth-order valence-corrected chi connectivity index (χ4v) is 5.36. The summed E-state index contributed by atoms with van der Waals surface area (Å²) in [6, 6.07) is 20.3. The summed E-state index contributed by atoms with van der Waals surface area (Å²) in [7, 11) is 3.42. The summed E-state index contributed by atoms with van der Waals surface area (Å²) < 4.78 is 59.1. The second-order valence-corrected chi connectivity index (χ2v) is 10.8. The number of allylic oxidation sites excluding steroid dienone is 4. The number of alkyl halides is 3. The van der Waals surface area contributed by atoms with E-state index in [1.165, 1.54) is 18.6 Å². The van der Waals surface area contributed by atoms with Crippen molar-refractivity contribution in [3.05, 3.63) is 95.7 Å². The molecule has 3 aromatic carbocycles. The lowest BCUT2D eigenvalue weighted by atomic mass is 10.0. The number of hydrogen-bond donors (Lipinski definition) is 1. The maximum Gasteiger partial charge on any atom is 0.416 e. The Morgan fingerprint density at radius 1 is 1.09 bits per heavy atom. The number of carbonyl (C=O) groups is 1. The minimum atomic E-state index is -4.53. The molecule has 0 bridgehead atoms. The van der Waals surface area contributed by atoms with Gasteiger partial charge in [-0.3, -0.25) is 0 Å². The van der Waals surface area contributed by atoms with Crippen molar-refractivity contribution in [3.8, 4) is 22.6 Å². The van der Waals surface area contributed by atoms with Crippen molar-refractivity contribution in [2.45, 2.75) is 33.0 Å². The predicted molar refractivity (Wildman–Crippen MR) is 172 cm³/mol. The van der Waals surface area contributed by atoms with Gasteiger partial charge in [0.25, 0.3) is 6.01 Å². The molecule has 46 heavy (non-hydrogen) atoms. The lowest BCUT2D eigenvalue weighted by molar-refractivity contribution is -0.0884. The maximum atomic E-state index is 13.5. The number of aromatic carboxylic acids is 1. The molecular formula is C35H34F3N3O5. The van der Waals surface area contributed by atoms with Crippen LogP contribution in [0.15, 0.2) is 94.4 Å². The molecule has 240 valence electrons. The third-order valence-corrected chi connectivity index (χ3v) is 7.58. The van der Waals surface area contributed by atoms with Crippen LogP contribution in [0.1, 0.15) is 30.8 Å². The largest absolute Gasteiger partial charge is 0.497 e. The Hall–Kier alpha value is -5.19. The molecule has 0 spiro atoms. The van der Waals surface area contributed by atoms with Crippen molar-refractivity contribution in [1.82, 2.24) is 9.55 Å². The van der Waals surface area contributed by atoms with E-state index in [4.69, 9.17) is 13.9 Å². The summed E-state index contributed by atoms with van der Waals surface area (Å²) in [5.74, 6) is -0.0796. The maximum absolute atomic E-state index is 13.5. The molecule has 0 radical (unpaired) electrons. The van der Waals surface area contributed by atoms with Gasteiger partial charge < -0.3 is 28.5 Å². The molecule has 0 saturated carbocycles. The second kappa shape index (κ2) is 13.4. The SMILES string of the molecule is C/C=C(\C=C(/C)Cn1c(C(=O)O)c(-c2ccc(OC)cc2)c2cc(OCCCN(C)c3nc4ccccc4o3)ccc21)C(F)(F)F. The molecular weight excluding hydrogens is 599 g/mol. The molecule has 0 saturated heterocycles. The van der Waals surface area contributed by atoms with Crippen molar-refractivity contribution in [1.29, 1.82) is 0 Å². The fourth-order valence-electron chi connectivity index (χ4n) is 5.36. The normalized spacial score (nSPS) is 12.6. The number of fused-ring (bicyclic) bond motifs is 2. The van der Waals surface area contributed by atoms with Gasteiger partial charge in [0.15, 0.2) is 5.58 Å². The van der Waals surface area contributed by atoms with E-state index in [0.29, 0.717) is 70.3 Å². The van der Waals surface area contributed by atoms with Gasteiger partial charge in [-0.05, 0) is 74.4 Å². The van der Waals surface area contributed by atoms with Gasteiger partial charge in [0, 0.05) is 36.6 Å². The first-order valence-corrected chi connectivity index (χ1v) is 14.6. The highest BCUT2D eigenvalue weighted by Gasteiger charge is 2.31. The second-order valence-electron chi connectivity index (χ2n) is 10.8. The molecule has 8 nitrogen and oxygen atoms in total. The minimum absolute atomic E-state index is 0.0425. The highest BCUT2D eigenvalue weighted by Crippen LogP contribution is 2.38. The Balaban J connectivity index is 1.45. The van der Waals surface area contributed by atoms with E-state index in [1.54, 1.807) is 49.4 Å². The summed E-state index contributed by atoms with van der Waals surface area (Å²) in [6.07, 6.45) is -1.84. The standard InChI is InChI=1S/C35H34F3N3O5/c1-5-24(35(36,37)38)19-22(2)21-41-29-16-15-26(45-18-8-17-40(3)34-39-28-9-6-7-10-30(28)46-34)20-27(29)31(32(41)33(42)43)23-11-13-25(44-4)14-12-23/h5-7,9-16,19-20H,8,17-18,21H2,1-4H3,(H,42,43)/b22-19+,24-5+. The molecule has 2 heterocycles. The number of anilines is 1. The Bertz CT molecular complexity index is 1890. The summed E-state index contributed by atoms with van der Waals surface area (Å²) in [6.45, 7) is 3.78. The Morgan fingerprint density at radius 3 is 2.46 bits per heavy atom. The highest BCUT2D eigenvalue weighted by molar-refractivity contribution is 6.08. The lowest BCUT2D eigenvalue weighted by Gasteiger charge is -2.14.